The lowest BCUT2D eigenvalue weighted by molar-refractivity contribution is 0.289. The van der Waals surface area contributed by atoms with Crippen LogP contribution in [0.2, 0.25) is 0 Å². The van der Waals surface area contributed by atoms with Crippen molar-refractivity contribution in [3.05, 3.63) is 10.4 Å². The maximum atomic E-state index is 8.13. The summed E-state index contributed by atoms with van der Waals surface area (Å²) in [5.41, 5.74) is 8.13. The number of azide groups is 1. The molecule has 1 saturated heterocycles. The van der Waals surface area contributed by atoms with Crippen LogP contribution in [-0.2, 0) is 0 Å². The Hall–Kier alpha value is -0.380. The summed E-state index contributed by atoms with van der Waals surface area (Å²) < 4.78 is 0. The van der Waals surface area contributed by atoms with E-state index in [0.29, 0.717) is 6.54 Å². The molecular weight excluding hydrogens is 184 g/mol. The first-order chi connectivity index (χ1) is 6.36. The maximum absolute atomic E-state index is 8.13. The summed E-state index contributed by atoms with van der Waals surface area (Å²) >= 11 is 2.06. The van der Waals surface area contributed by atoms with Gasteiger partial charge >= 0.3 is 0 Å². The number of hydrogen-bond acceptors (Lipinski definition) is 3. The zero-order chi connectivity index (χ0) is 9.52. The third kappa shape index (κ3) is 3.89. The van der Waals surface area contributed by atoms with E-state index in [4.69, 9.17) is 5.53 Å². The Balaban J connectivity index is 2.21. The number of thioether (sulfide) groups is 1. The quantitative estimate of drug-likeness (QED) is 0.396. The van der Waals surface area contributed by atoms with E-state index in [1.165, 1.54) is 12.2 Å². The lowest BCUT2D eigenvalue weighted by Crippen LogP contribution is -2.38. The second kappa shape index (κ2) is 6.13. The van der Waals surface area contributed by atoms with Gasteiger partial charge in [0.05, 0.1) is 0 Å². The number of nitrogens with zero attached hydrogens (tertiary/aromatic N) is 4. The first kappa shape index (κ1) is 10.7. The van der Waals surface area contributed by atoms with Crippen LogP contribution < -0.4 is 0 Å². The van der Waals surface area contributed by atoms with Gasteiger partial charge in [0, 0.05) is 42.1 Å². The van der Waals surface area contributed by atoms with Crippen LogP contribution in [0.1, 0.15) is 13.3 Å². The molecule has 1 aliphatic rings. The van der Waals surface area contributed by atoms with Crippen molar-refractivity contribution in [2.24, 2.45) is 5.11 Å². The molecular formula is C8H16N4S. The van der Waals surface area contributed by atoms with E-state index in [2.05, 4.69) is 33.6 Å². The molecule has 1 fully saturated rings. The van der Waals surface area contributed by atoms with Crippen molar-refractivity contribution in [1.82, 2.24) is 4.90 Å². The van der Waals surface area contributed by atoms with Crippen molar-refractivity contribution < 1.29 is 0 Å². The molecule has 13 heavy (non-hydrogen) atoms. The van der Waals surface area contributed by atoms with Crippen LogP contribution in [0.4, 0.5) is 0 Å². The molecule has 5 heteroatoms. The predicted molar refractivity (Wildman–Crippen MR) is 57.0 cm³/mol. The maximum Gasteiger partial charge on any atom is 0.0385 e. The topological polar surface area (TPSA) is 52.0 Å². The van der Waals surface area contributed by atoms with E-state index in [9.17, 15) is 0 Å². The summed E-state index contributed by atoms with van der Waals surface area (Å²) in [6, 6.07) is 0. The first-order valence-electron chi connectivity index (χ1n) is 4.71. The highest BCUT2D eigenvalue weighted by Gasteiger charge is 2.17. The molecule has 4 nitrogen and oxygen atoms in total. The number of rotatable bonds is 4. The molecule has 1 unspecified atom stereocenters. The highest BCUT2D eigenvalue weighted by molar-refractivity contribution is 8.00. The second-order valence-electron chi connectivity index (χ2n) is 3.16. The largest absolute Gasteiger partial charge is 0.301 e. The van der Waals surface area contributed by atoms with E-state index in [1.807, 2.05) is 0 Å². The molecule has 74 valence electrons. The van der Waals surface area contributed by atoms with Crippen molar-refractivity contribution in [2.75, 3.05) is 31.9 Å². The molecule has 0 bridgehead atoms. The van der Waals surface area contributed by atoms with Gasteiger partial charge in [-0.05, 0) is 12.0 Å². The van der Waals surface area contributed by atoms with Gasteiger partial charge in [0.15, 0.2) is 0 Å². The van der Waals surface area contributed by atoms with Crippen molar-refractivity contribution in [2.45, 2.75) is 18.6 Å². The minimum atomic E-state index is 0.609. The van der Waals surface area contributed by atoms with Gasteiger partial charge in [0.25, 0.3) is 0 Å². The van der Waals surface area contributed by atoms with Gasteiger partial charge in [-0.15, -0.1) is 0 Å². The fourth-order valence-corrected chi connectivity index (χ4v) is 2.71. The van der Waals surface area contributed by atoms with Gasteiger partial charge in [-0.1, -0.05) is 12.0 Å². The molecule has 0 spiro atoms. The monoisotopic (exact) mass is 200 g/mol. The van der Waals surface area contributed by atoms with Gasteiger partial charge < -0.3 is 4.90 Å². The van der Waals surface area contributed by atoms with E-state index < -0.39 is 0 Å². The SMILES string of the molecule is CCC1CN(CCN=[N+]=[N-])CCS1. The van der Waals surface area contributed by atoms with Gasteiger partial charge in [0.2, 0.25) is 0 Å². The molecule has 0 aliphatic carbocycles. The third-order valence-electron chi connectivity index (χ3n) is 2.26. The van der Waals surface area contributed by atoms with Crippen molar-refractivity contribution in [3.8, 4) is 0 Å². The van der Waals surface area contributed by atoms with Crippen LogP contribution in [0.5, 0.6) is 0 Å². The summed E-state index contributed by atoms with van der Waals surface area (Å²) in [5.74, 6) is 1.22. The lowest BCUT2D eigenvalue weighted by Gasteiger charge is -2.31. The van der Waals surface area contributed by atoms with Crippen LogP contribution >= 0.6 is 11.8 Å². The van der Waals surface area contributed by atoms with Crippen LogP contribution in [0.25, 0.3) is 10.4 Å². The minimum Gasteiger partial charge on any atom is -0.301 e. The number of hydrogen-bond donors (Lipinski definition) is 0. The zero-order valence-corrected chi connectivity index (χ0v) is 8.83. The van der Waals surface area contributed by atoms with Crippen molar-refractivity contribution >= 4 is 11.8 Å². The summed E-state index contributed by atoms with van der Waals surface area (Å²) in [7, 11) is 0. The fourth-order valence-electron chi connectivity index (χ4n) is 1.46. The highest BCUT2D eigenvalue weighted by Crippen LogP contribution is 2.20. The Morgan fingerprint density at radius 1 is 1.69 bits per heavy atom. The van der Waals surface area contributed by atoms with Gasteiger partial charge in [-0.25, -0.2) is 0 Å². The average Bonchev–Trinajstić information content (AvgIpc) is 2.19. The third-order valence-corrected chi connectivity index (χ3v) is 3.63. The Kier molecular flexibility index (Phi) is 5.05. The molecule has 0 aromatic heterocycles. The Bertz CT molecular complexity index is 191. The lowest BCUT2D eigenvalue weighted by atomic mass is 10.3. The van der Waals surface area contributed by atoms with E-state index in [-0.39, 0.29) is 0 Å². The summed E-state index contributed by atoms with van der Waals surface area (Å²) in [5, 5.41) is 4.33. The molecule has 1 heterocycles. The van der Waals surface area contributed by atoms with Crippen molar-refractivity contribution in [3.63, 3.8) is 0 Å². The molecule has 1 atom stereocenters. The summed E-state index contributed by atoms with van der Waals surface area (Å²) in [6.07, 6.45) is 1.24. The van der Waals surface area contributed by atoms with Gasteiger partial charge in [0.1, 0.15) is 0 Å². The Morgan fingerprint density at radius 2 is 2.54 bits per heavy atom. The van der Waals surface area contributed by atoms with Crippen molar-refractivity contribution in [1.29, 1.82) is 0 Å². The standard InChI is InChI=1S/C8H16N4S/c1-2-8-7-12(5-6-13-8)4-3-10-11-9/h8H,2-7H2,1H3. The fraction of sp³-hybridized carbons (Fsp3) is 1.00. The molecule has 0 radical (unpaired) electrons. The predicted octanol–water partition coefficient (Wildman–Crippen LogP) is 2.12. The molecule has 0 aromatic carbocycles. The molecule has 0 amide bonds. The van der Waals surface area contributed by atoms with Crippen LogP contribution in [0.3, 0.4) is 0 Å². The molecule has 1 aliphatic heterocycles. The van der Waals surface area contributed by atoms with Gasteiger partial charge in [-0.2, -0.15) is 11.8 Å². The average molecular weight is 200 g/mol. The van der Waals surface area contributed by atoms with Crippen LogP contribution in [0.15, 0.2) is 5.11 Å². The Morgan fingerprint density at radius 3 is 3.23 bits per heavy atom. The Labute approximate surface area is 83.3 Å². The van der Waals surface area contributed by atoms with E-state index in [1.54, 1.807) is 0 Å². The molecule has 0 N–H and O–H groups in total. The molecule has 0 aromatic rings. The van der Waals surface area contributed by atoms with Gasteiger partial charge in [-0.3, -0.25) is 0 Å². The zero-order valence-electron chi connectivity index (χ0n) is 8.02. The normalized spacial score (nSPS) is 23.9. The smallest absolute Gasteiger partial charge is 0.0385 e. The molecule has 0 saturated carbocycles. The van der Waals surface area contributed by atoms with Crippen LogP contribution in [0, 0.1) is 0 Å². The van der Waals surface area contributed by atoms with E-state index in [0.717, 1.165) is 24.9 Å². The van der Waals surface area contributed by atoms with Crippen LogP contribution in [-0.4, -0.2) is 42.1 Å². The second-order valence-corrected chi connectivity index (χ2v) is 4.56. The molecule has 1 rings (SSSR count). The minimum absolute atomic E-state index is 0.609. The summed E-state index contributed by atoms with van der Waals surface area (Å²) in [6.45, 7) is 6.05. The highest BCUT2D eigenvalue weighted by atomic mass is 32.2. The first-order valence-corrected chi connectivity index (χ1v) is 5.76. The summed E-state index contributed by atoms with van der Waals surface area (Å²) in [4.78, 5) is 5.14. The van der Waals surface area contributed by atoms with E-state index >= 15 is 0 Å².